The summed E-state index contributed by atoms with van der Waals surface area (Å²) >= 11 is 0. The molecule has 0 aliphatic rings. The van der Waals surface area contributed by atoms with Crippen LogP contribution in [-0.4, -0.2) is 42.9 Å². The quantitative estimate of drug-likeness (QED) is 0.221. The maximum absolute atomic E-state index is 12.7. The second-order valence-corrected chi connectivity index (χ2v) is 7.82. The van der Waals surface area contributed by atoms with E-state index in [4.69, 9.17) is 9.84 Å². The van der Waals surface area contributed by atoms with E-state index in [2.05, 4.69) is 4.74 Å². The number of ketones is 1. The van der Waals surface area contributed by atoms with Crippen molar-refractivity contribution in [1.29, 1.82) is 0 Å². The minimum absolute atomic E-state index is 0.0907. The molecule has 0 radical (unpaired) electrons. The number of ether oxygens (including phenoxy) is 2. The van der Waals surface area contributed by atoms with Crippen molar-refractivity contribution in [1.82, 2.24) is 0 Å². The summed E-state index contributed by atoms with van der Waals surface area (Å²) in [6, 6.07) is 9.00. The van der Waals surface area contributed by atoms with Crippen molar-refractivity contribution in [2.24, 2.45) is 0 Å². The second-order valence-electron chi connectivity index (χ2n) is 7.82. The summed E-state index contributed by atoms with van der Waals surface area (Å²) in [4.78, 5) is 24.0. The maximum atomic E-state index is 12.7. The van der Waals surface area contributed by atoms with Crippen LogP contribution in [0.15, 0.2) is 42.5 Å². The standard InChI is InChI=1S/C24H24F6O5/c1-34-20-11-8-16(13-21(22(32)33)35-14-23(25,26)27)12-18(20)19(31)5-3-2-4-15-6-9-17(10-7-15)24(28,29)30/h6-12,21H,2-5,13-14H2,1H3,(H,32,33). The number of carboxylic acids is 1. The highest BCUT2D eigenvalue weighted by Crippen LogP contribution is 2.29. The first-order chi connectivity index (χ1) is 16.3. The van der Waals surface area contributed by atoms with E-state index >= 15 is 0 Å². The van der Waals surface area contributed by atoms with Crippen molar-refractivity contribution in [3.63, 3.8) is 0 Å². The van der Waals surface area contributed by atoms with Gasteiger partial charge in [-0.05, 0) is 54.7 Å². The van der Waals surface area contributed by atoms with Gasteiger partial charge in [0.25, 0.3) is 0 Å². The lowest BCUT2D eigenvalue weighted by Gasteiger charge is -2.16. The fourth-order valence-electron chi connectivity index (χ4n) is 3.34. The number of methoxy groups -OCH3 is 1. The molecule has 0 aromatic heterocycles. The number of halogens is 6. The Morgan fingerprint density at radius 1 is 0.943 bits per heavy atom. The fourth-order valence-corrected chi connectivity index (χ4v) is 3.34. The van der Waals surface area contributed by atoms with E-state index in [1.807, 2.05) is 0 Å². The molecule has 1 N–H and O–H groups in total. The van der Waals surface area contributed by atoms with E-state index in [0.29, 0.717) is 24.8 Å². The van der Waals surface area contributed by atoms with Crippen LogP contribution in [0.3, 0.4) is 0 Å². The molecule has 11 heteroatoms. The first-order valence-electron chi connectivity index (χ1n) is 10.6. The summed E-state index contributed by atoms with van der Waals surface area (Å²) in [6.45, 7) is -1.72. The van der Waals surface area contributed by atoms with Crippen LogP contribution in [0.1, 0.15) is 46.3 Å². The largest absolute Gasteiger partial charge is 0.496 e. The predicted molar refractivity (Wildman–Crippen MR) is 113 cm³/mol. The van der Waals surface area contributed by atoms with Crippen LogP contribution in [-0.2, 0) is 28.5 Å². The predicted octanol–water partition coefficient (Wildman–Crippen LogP) is 5.88. The Labute approximate surface area is 197 Å². The van der Waals surface area contributed by atoms with Crippen molar-refractivity contribution in [2.45, 2.75) is 50.6 Å². The van der Waals surface area contributed by atoms with Gasteiger partial charge in [0, 0.05) is 12.8 Å². The lowest BCUT2D eigenvalue weighted by Crippen LogP contribution is -2.31. The molecule has 192 valence electrons. The number of hydrogen-bond acceptors (Lipinski definition) is 4. The van der Waals surface area contributed by atoms with Gasteiger partial charge in [-0.3, -0.25) is 4.79 Å². The molecule has 5 nitrogen and oxygen atoms in total. The number of carbonyl (C=O) groups is 2. The van der Waals surface area contributed by atoms with Crippen LogP contribution < -0.4 is 4.74 Å². The number of carboxylic acid groups (broad SMARTS) is 1. The number of alkyl halides is 6. The van der Waals surface area contributed by atoms with Gasteiger partial charge in [-0.15, -0.1) is 0 Å². The van der Waals surface area contributed by atoms with Gasteiger partial charge in [-0.25, -0.2) is 4.79 Å². The molecule has 0 aliphatic carbocycles. The first kappa shape index (κ1) is 28.2. The van der Waals surface area contributed by atoms with Crippen LogP contribution in [0.5, 0.6) is 5.75 Å². The summed E-state index contributed by atoms with van der Waals surface area (Å²) in [5, 5.41) is 9.16. The molecule has 35 heavy (non-hydrogen) atoms. The number of rotatable bonds is 12. The number of aryl methyl sites for hydroxylation is 1. The summed E-state index contributed by atoms with van der Waals surface area (Å²) in [7, 11) is 1.34. The Balaban J connectivity index is 1.98. The molecule has 0 heterocycles. The van der Waals surface area contributed by atoms with Gasteiger partial charge in [-0.1, -0.05) is 18.2 Å². The van der Waals surface area contributed by atoms with Gasteiger partial charge in [0.2, 0.25) is 0 Å². The van der Waals surface area contributed by atoms with Crippen molar-refractivity contribution in [3.05, 3.63) is 64.7 Å². The molecule has 0 saturated heterocycles. The third kappa shape index (κ3) is 9.23. The average Bonchev–Trinajstić information content (AvgIpc) is 2.78. The molecule has 1 atom stereocenters. The number of carbonyl (C=O) groups excluding carboxylic acids is 1. The highest BCUT2D eigenvalue weighted by atomic mass is 19.4. The van der Waals surface area contributed by atoms with Crippen molar-refractivity contribution in [3.8, 4) is 5.75 Å². The number of unbranched alkanes of at least 4 members (excludes halogenated alkanes) is 1. The van der Waals surface area contributed by atoms with Gasteiger partial charge in [0.15, 0.2) is 11.9 Å². The Morgan fingerprint density at radius 3 is 2.11 bits per heavy atom. The lowest BCUT2D eigenvalue weighted by atomic mass is 9.98. The highest BCUT2D eigenvalue weighted by molar-refractivity contribution is 5.98. The van der Waals surface area contributed by atoms with E-state index in [9.17, 15) is 35.9 Å². The molecule has 0 bridgehead atoms. The summed E-state index contributed by atoms with van der Waals surface area (Å²) in [6.07, 6.45) is -9.71. The zero-order chi connectivity index (χ0) is 26.2. The molecule has 2 aromatic carbocycles. The molecule has 0 amide bonds. The highest BCUT2D eigenvalue weighted by Gasteiger charge is 2.32. The monoisotopic (exact) mass is 506 g/mol. The van der Waals surface area contributed by atoms with Crippen LogP contribution in [0.25, 0.3) is 0 Å². The molecule has 0 fully saturated rings. The van der Waals surface area contributed by atoms with Crippen molar-refractivity contribution < 1.29 is 50.5 Å². The van der Waals surface area contributed by atoms with Crippen LogP contribution in [0, 0.1) is 0 Å². The fraction of sp³-hybridized carbons (Fsp3) is 0.417. The topological polar surface area (TPSA) is 72.8 Å². The minimum Gasteiger partial charge on any atom is -0.496 e. The number of benzene rings is 2. The Hall–Kier alpha value is -3.08. The molecule has 0 aliphatic heterocycles. The third-order valence-electron chi connectivity index (χ3n) is 5.11. The van der Waals surface area contributed by atoms with E-state index in [1.165, 1.54) is 37.4 Å². The summed E-state index contributed by atoms with van der Waals surface area (Å²) < 4.78 is 84.7. The summed E-state index contributed by atoms with van der Waals surface area (Å²) in [5.41, 5.74) is 0.397. The number of Topliss-reactive ketones (excluding diaryl/α,β-unsaturated/α-hetero) is 1. The van der Waals surface area contributed by atoms with Crippen molar-refractivity contribution >= 4 is 11.8 Å². The van der Waals surface area contributed by atoms with E-state index in [0.717, 1.165) is 12.1 Å². The molecule has 1 unspecified atom stereocenters. The van der Waals surface area contributed by atoms with Gasteiger partial charge < -0.3 is 14.6 Å². The molecular formula is C24H24F6O5. The van der Waals surface area contributed by atoms with Gasteiger partial charge in [0.05, 0.1) is 18.2 Å². The van der Waals surface area contributed by atoms with Crippen LogP contribution in [0.4, 0.5) is 26.3 Å². The van der Waals surface area contributed by atoms with Gasteiger partial charge >= 0.3 is 18.3 Å². The molecule has 2 rings (SSSR count). The SMILES string of the molecule is COc1ccc(CC(OCC(F)(F)F)C(=O)O)cc1C(=O)CCCCc1ccc(C(F)(F)F)cc1. The zero-order valence-electron chi connectivity index (χ0n) is 18.7. The lowest BCUT2D eigenvalue weighted by molar-refractivity contribution is -0.192. The normalized spacial score (nSPS) is 12.9. The van der Waals surface area contributed by atoms with E-state index in [1.54, 1.807) is 0 Å². The molecule has 0 spiro atoms. The van der Waals surface area contributed by atoms with E-state index < -0.39 is 36.6 Å². The molecule has 2 aromatic rings. The zero-order valence-corrected chi connectivity index (χ0v) is 18.7. The average molecular weight is 506 g/mol. The van der Waals surface area contributed by atoms with Crippen LogP contribution in [0.2, 0.25) is 0 Å². The molecular weight excluding hydrogens is 482 g/mol. The Kier molecular flexibility index (Phi) is 9.70. The van der Waals surface area contributed by atoms with E-state index in [-0.39, 0.29) is 35.5 Å². The van der Waals surface area contributed by atoms with Crippen molar-refractivity contribution in [2.75, 3.05) is 13.7 Å². The van der Waals surface area contributed by atoms with Gasteiger partial charge in [-0.2, -0.15) is 26.3 Å². The molecule has 0 saturated carbocycles. The summed E-state index contributed by atoms with van der Waals surface area (Å²) in [5.74, 6) is -1.66. The second kappa shape index (κ2) is 12.1. The first-order valence-corrected chi connectivity index (χ1v) is 10.6. The third-order valence-corrected chi connectivity index (χ3v) is 5.11. The smallest absolute Gasteiger partial charge is 0.416 e. The minimum atomic E-state index is -4.69. The Morgan fingerprint density at radius 2 is 1.57 bits per heavy atom. The van der Waals surface area contributed by atoms with Gasteiger partial charge in [0.1, 0.15) is 12.4 Å². The van der Waals surface area contributed by atoms with Crippen LogP contribution >= 0.6 is 0 Å². The number of aliphatic carboxylic acids is 1. The Bertz CT molecular complexity index is 999. The number of hydrogen-bond donors (Lipinski definition) is 1. The maximum Gasteiger partial charge on any atom is 0.416 e.